The van der Waals surface area contributed by atoms with Gasteiger partial charge >= 0.3 is 5.97 Å². The maximum Gasteiger partial charge on any atom is 0.341 e. The monoisotopic (exact) mass is 459 g/mol. The zero-order chi connectivity index (χ0) is 23.4. The number of aromatic nitrogens is 2. The average molecular weight is 460 g/mol. The van der Waals surface area contributed by atoms with Crippen molar-refractivity contribution in [2.24, 2.45) is 5.41 Å². The number of hydrogen-bond acceptors (Lipinski definition) is 6. The second-order valence-corrected chi connectivity index (χ2v) is 8.65. The third-order valence-electron chi connectivity index (χ3n) is 6.56. The fourth-order valence-corrected chi connectivity index (χ4v) is 4.64. The van der Waals surface area contributed by atoms with Crippen LogP contribution in [0, 0.1) is 11.2 Å². The maximum atomic E-state index is 14.0. The highest BCUT2D eigenvalue weighted by molar-refractivity contribution is 5.95. The summed E-state index contributed by atoms with van der Waals surface area (Å²) in [6.07, 6.45) is 3.64. The van der Waals surface area contributed by atoms with Crippen LogP contribution in [0.3, 0.4) is 0 Å². The molecule has 4 rings (SSSR count). The van der Waals surface area contributed by atoms with Gasteiger partial charge < -0.3 is 19.5 Å². The highest BCUT2D eigenvalue weighted by Gasteiger charge is 2.39. The molecule has 2 aliphatic rings. The summed E-state index contributed by atoms with van der Waals surface area (Å²) in [5.41, 5.74) is 2.30. The first kappa shape index (κ1) is 23.2. The molecule has 0 radical (unpaired) electrons. The van der Waals surface area contributed by atoms with Gasteiger partial charge in [0, 0.05) is 31.9 Å². The summed E-state index contributed by atoms with van der Waals surface area (Å²) in [7, 11) is 1.45. The van der Waals surface area contributed by atoms with Crippen LogP contribution in [0.1, 0.15) is 58.3 Å². The van der Waals surface area contributed by atoms with Crippen molar-refractivity contribution in [3.63, 3.8) is 0 Å². The van der Waals surface area contributed by atoms with Crippen molar-refractivity contribution in [1.29, 1.82) is 0 Å². The fourth-order valence-electron chi connectivity index (χ4n) is 4.64. The lowest BCUT2D eigenvalue weighted by atomic mass is 9.75. The van der Waals surface area contributed by atoms with E-state index in [9.17, 15) is 14.0 Å². The van der Waals surface area contributed by atoms with E-state index in [0.717, 1.165) is 30.5 Å². The van der Waals surface area contributed by atoms with Crippen LogP contribution in [0.4, 0.5) is 4.39 Å². The van der Waals surface area contributed by atoms with E-state index in [4.69, 9.17) is 19.3 Å². The summed E-state index contributed by atoms with van der Waals surface area (Å²) >= 11 is 0. The van der Waals surface area contributed by atoms with Crippen LogP contribution in [0.15, 0.2) is 18.2 Å². The molecule has 1 fully saturated rings. The third-order valence-corrected chi connectivity index (χ3v) is 6.56. The minimum Gasteiger partial charge on any atom is -0.497 e. The van der Waals surface area contributed by atoms with Gasteiger partial charge in [-0.15, -0.1) is 0 Å². The van der Waals surface area contributed by atoms with Crippen LogP contribution < -0.4 is 10.1 Å². The number of hydrogen-bond donors (Lipinski definition) is 1. The summed E-state index contributed by atoms with van der Waals surface area (Å²) < 4.78 is 31.7. The molecule has 0 saturated carbocycles. The lowest BCUT2D eigenvalue weighted by molar-refractivity contribution is 0.0160. The summed E-state index contributed by atoms with van der Waals surface area (Å²) in [4.78, 5) is 25.2. The molecule has 0 bridgehead atoms. The quantitative estimate of drug-likeness (QED) is 0.506. The lowest BCUT2D eigenvalue weighted by Crippen LogP contribution is -2.40. The van der Waals surface area contributed by atoms with Crippen LogP contribution in [-0.2, 0) is 28.9 Å². The van der Waals surface area contributed by atoms with Crippen molar-refractivity contribution >= 4 is 11.9 Å². The Morgan fingerprint density at radius 2 is 2.12 bits per heavy atom. The fraction of sp³-hybridized carbons (Fsp3) is 0.542. The molecule has 1 spiro atoms. The van der Waals surface area contributed by atoms with E-state index in [2.05, 4.69) is 5.32 Å². The number of aryl methyl sites for hydroxylation is 2. The maximum absolute atomic E-state index is 14.0. The Hall–Kier alpha value is -2.94. The van der Waals surface area contributed by atoms with Crippen LogP contribution >= 0.6 is 0 Å². The highest BCUT2D eigenvalue weighted by atomic mass is 19.1. The highest BCUT2D eigenvalue weighted by Crippen LogP contribution is 2.37. The number of carbonyl (C=O) groups is 2. The Labute approximate surface area is 192 Å². The minimum absolute atomic E-state index is 0.0220. The Balaban J connectivity index is 1.45. The van der Waals surface area contributed by atoms with Crippen LogP contribution in [0.2, 0.25) is 0 Å². The largest absolute Gasteiger partial charge is 0.497 e. The van der Waals surface area contributed by atoms with Gasteiger partial charge in [-0.2, -0.15) is 5.10 Å². The number of rotatable bonds is 7. The summed E-state index contributed by atoms with van der Waals surface area (Å²) in [6.45, 7) is 4.70. The van der Waals surface area contributed by atoms with Crippen molar-refractivity contribution in [2.45, 2.75) is 45.6 Å². The molecular formula is C24H30FN3O5. The predicted molar refractivity (Wildman–Crippen MR) is 118 cm³/mol. The second kappa shape index (κ2) is 9.91. The molecule has 8 nitrogen and oxygen atoms in total. The van der Waals surface area contributed by atoms with Crippen LogP contribution in [0.25, 0.3) is 0 Å². The van der Waals surface area contributed by atoms with Crippen molar-refractivity contribution in [3.8, 4) is 5.75 Å². The topological polar surface area (TPSA) is 91.7 Å². The van der Waals surface area contributed by atoms with Gasteiger partial charge in [-0.05, 0) is 62.6 Å². The Morgan fingerprint density at radius 1 is 1.33 bits per heavy atom. The molecule has 1 N–H and O–H groups in total. The van der Waals surface area contributed by atoms with Gasteiger partial charge in [0.1, 0.15) is 17.3 Å². The molecule has 2 aliphatic heterocycles. The molecule has 0 atom stereocenters. The molecule has 0 aliphatic carbocycles. The van der Waals surface area contributed by atoms with Gasteiger partial charge in [-0.25, -0.2) is 9.18 Å². The SMILES string of the molecule is CCn1nc(CCCOC(=O)c2cc(OC)ccc2F)c2c1C(=O)NCC1(CCOCC1)C2. The van der Waals surface area contributed by atoms with Gasteiger partial charge in [-0.1, -0.05) is 0 Å². The first-order valence-corrected chi connectivity index (χ1v) is 11.4. The number of methoxy groups -OCH3 is 1. The van der Waals surface area contributed by atoms with Gasteiger partial charge in [-0.3, -0.25) is 9.48 Å². The molecule has 1 aromatic carbocycles. The second-order valence-electron chi connectivity index (χ2n) is 8.65. The van der Waals surface area contributed by atoms with E-state index in [0.29, 0.717) is 50.6 Å². The predicted octanol–water partition coefficient (Wildman–Crippen LogP) is 2.92. The zero-order valence-electron chi connectivity index (χ0n) is 19.1. The van der Waals surface area contributed by atoms with Crippen molar-refractivity contribution < 1.29 is 28.2 Å². The van der Waals surface area contributed by atoms with E-state index in [1.165, 1.54) is 25.3 Å². The van der Waals surface area contributed by atoms with E-state index < -0.39 is 11.8 Å². The number of esters is 1. The van der Waals surface area contributed by atoms with Crippen molar-refractivity contribution in [3.05, 3.63) is 46.5 Å². The molecule has 2 aromatic rings. The first-order chi connectivity index (χ1) is 16.0. The lowest BCUT2D eigenvalue weighted by Gasteiger charge is -2.36. The van der Waals surface area contributed by atoms with Gasteiger partial charge in [0.15, 0.2) is 0 Å². The van der Waals surface area contributed by atoms with Gasteiger partial charge in [0.25, 0.3) is 5.91 Å². The first-order valence-electron chi connectivity index (χ1n) is 11.4. The van der Waals surface area contributed by atoms with Crippen molar-refractivity contribution in [2.75, 3.05) is 33.5 Å². The summed E-state index contributed by atoms with van der Waals surface area (Å²) in [5.74, 6) is -1.09. The molecule has 3 heterocycles. The molecule has 33 heavy (non-hydrogen) atoms. The Morgan fingerprint density at radius 3 is 2.85 bits per heavy atom. The standard InChI is InChI=1S/C24H30FN3O5/c1-3-28-21-18(14-24(15-26-22(21)29)8-11-32-12-9-24)20(27-28)5-4-10-33-23(30)17-13-16(31-2)6-7-19(17)25/h6-7,13H,3-5,8-12,14-15H2,1-2H3,(H,26,29). The normalized spacial score (nSPS) is 17.2. The number of benzene rings is 1. The van der Waals surface area contributed by atoms with Crippen LogP contribution in [0.5, 0.6) is 5.75 Å². The van der Waals surface area contributed by atoms with Gasteiger partial charge in [0.2, 0.25) is 0 Å². The summed E-state index contributed by atoms with van der Waals surface area (Å²) in [6, 6.07) is 3.95. The summed E-state index contributed by atoms with van der Waals surface area (Å²) in [5, 5.41) is 7.79. The molecule has 178 valence electrons. The molecule has 9 heteroatoms. The number of carbonyl (C=O) groups excluding carboxylic acids is 2. The Kier molecular flexibility index (Phi) is 6.97. The molecule has 1 aromatic heterocycles. The van der Waals surface area contributed by atoms with E-state index in [-0.39, 0.29) is 23.5 Å². The minimum atomic E-state index is -0.732. The number of fused-ring (bicyclic) bond motifs is 1. The van der Waals surface area contributed by atoms with Gasteiger partial charge in [0.05, 0.1) is 25.0 Å². The Bertz CT molecular complexity index is 1030. The zero-order valence-corrected chi connectivity index (χ0v) is 19.1. The van der Waals surface area contributed by atoms with E-state index in [1.807, 2.05) is 6.92 Å². The molecule has 0 unspecified atom stereocenters. The molecule has 1 amide bonds. The van der Waals surface area contributed by atoms with E-state index >= 15 is 0 Å². The van der Waals surface area contributed by atoms with Crippen LogP contribution in [-0.4, -0.2) is 55.1 Å². The number of amides is 1. The van der Waals surface area contributed by atoms with Crippen molar-refractivity contribution in [1.82, 2.24) is 15.1 Å². The number of ether oxygens (including phenoxy) is 3. The third kappa shape index (κ3) is 4.88. The number of halogens is 1. The molecule has 1 saturated heterocycles. The number of nitrogens with zero attached hydrogens (tertiary/aromatic N) is 2. The number of nitrogens with one attached hydrogen (secondary N) is 1. The molecular weight excluding hydrogens is 429 g/mol. The smallest absolute Gasteiger partial charge is 0.341 e. The average Bonchev–Trinajstić information content (AvgIpc) is 3.11. The van der Waals surface area contributed by atoms with E-state index in [1.54, 1.807) is 4.68 Å².